The van der Waals surface area contributed by atoms with Gasteiger partial charge in [-0.05, 0) is 74.0 Å². The Kier molecular flexibility index (Phi) is 9.34. The van der Waals surface area contributed by atoms with Crippen molar-refractivity contribution >= 4 is 33.4 Å². The van der Waals surface area contributed by atoms with Crippen LogP contribution < -0.4 is 15.4 Å². The summed E-state index contributed by atoms with van der Waals surface area (Å²) in [5.41, 5.74) is 0. The number of sulfonamides is 1. The van der Waals surface area contributed by atoms with E-state index < -0.39 is 21.9 Å². The zero-order valence-electron chi connectivity index (χ0n) is 19.8. The van der Waals surface area contributed by atoms with Crippen molar-refractivity contribution in [1.29, 1.82) is 0 Å². The van der Waals surface area contributed by atoms with Crippen LogP contribution in [0.4, 0.5) is 4.39 Å². The Labute approximate surface area is 206 Å². The maximum atomic E-state index is 13.2. The average molecular weight is 516 g/mol. The highest BCUT2D eigenvalue weighted by atomic mass is 35.5. The molecule has 1 aromatic rings. The molecule has 2 fully saturated rings. The smallest absolute Gasteiger partial charge is 0.242 e. The molecule has 34 heavy (non-hydrogen) atoms. The van der Waals surface area contributed by atoms with Gasteiger partial charge in [-0.1, -0.05) is 31.9 Å². The van der Waals surface area contributed by atoms with Gasteiger partial charge in [-0.15, -0.1) is 0 Å². The lowest BCUT2D eigenvalue weighted by Crippen LogP contribution is -2.48. The quantitative estimate of drug-likeness (QED) is 0.370. The number of hydrogen-bond acceptors (Lipinski definition) is 4. The molecule has 2 unspecified atom stereocenters. The molecule has 2 amide bonds. The summed E-state index contributed by atoms with van der Waals surface area (Å²) < 4.78 is 40.3. The third-order valence-corrected chi connectivity index (χ3v) is 8.76. The summed E-state index contributed by atoms with van der Waals surface area (Å²) in [5, 5.41) is 5.52. The maximum absolute atomic E-state index is 13.2. The summed E-state index contributed by atoms with van der Waals surface area (Å²) in [6, 6.07) is 2.47. The van der Waals surface area contributed by atoms with Crippen LogP contribution in [0.5, 0.6) is 0 Å². The lowest BCUT2D eigenvalue weighted by molar-refractivity contribution is -0.130. The molecule has 0 aliphatic heterocycles. The van der Waals surface area contributed by atoms with Gasteiger partial charge < -0.3 is 10.6 Å². The van der Waals surface area contributed by atoms with Gasteiger partial charge in [-0.3, -0.25) is 9.59 Å². The second kappa shape index (κ2) is 11.8. The van der Waals surface area contributed by atoms with Gasteiger partial charge in [0.2, 0.25) is 21.8 Å². The number of nitrogens with one attached hydrogen (secondary N) is 3. The van der Waals surface area contributed by atoms with Crippen molar-refractivity contribution in [3.05, 3.63) is 29.0 Å². The summed E-state index contributed by atoms with van der Waals surface area (Å²) in [7, 11) is -3.89. The van der Waals surface area contributed by atoms with Gasteiger partial charge in [-0.2, -0.15) is 0 Å². The van der Waals surface area contributed by atoms with Gasteiger partial charge in [0, 0.05) is 19.5 Å². The Balaban J connectivity index is 1.42. The number of carbonyl (C=O) groups is 2. The van der Waals surface area contributed by atoms with Crippen molar-refractivity contribution in [2.75, 3.05) is 13.1 Å². The minimum atomic E-state index is -3.89. The van der Waals surface area contributed by atoms with Gasteiger partial charge in [0.05, 0.1) is 5.02 Å². The average Bonchev–Trinajstić information content (AvgIpc) is 3.35. The molecule has 10 heteroatoms. The maximum Gasteiger partial charge on any atom is 0.242 e. The van der Waals surface area contributed by atoms with E-state index in [0.717, 1.165) is 30.5 Å². The molecule has 0 radical (unpaired) electrons. The highest BCUT2D eigenvalue weighted by Crippen LogP contribution is 2.49. The van der Waals surface area contributed by atoms with Crippen LogP contribution >= 0.6 is 11.6 Å². The van der Waals surface area contributed by atoms with E-state index in [0.29, 0.717) is 31.1 Å². The Morgan fingerprint density at radius 2 is 1.94 bits per heavy atom. The number of rotatable bonds is 12. The molecule has 2 aliphatic carbocycles. The third-order valence-electron chi connectivity index (χ3n) is 6.82. The fraction of sp³-hybridized carbons (Fsp3) is 0.667. The summed E-state index contributed by atoms with van der Waals surface area (Å²) in [6.45, 7) is 4.31. The molecule has 2 saturated carbocycles. The Morgan fingerprint density at radius 1 is 1.18 bits per heavy atom. The van der Waals surface area contributed by atoms with E-state index in [-0.39, 0.29) is 40.7 Å². The number of fused-ring (bicyclic) bond motifs is 2. The van der Waals surface area contributed by atoms with Gasteiger partial charge in [0.15, 0.2) is 0 Å². The van der Waals surface area contributed by atoms with Crippen LogP contribution in [0.25, 0.3) is 0 Å². The standard InChI is InChI=1S/C24H35ClFN3O4S/c1-15(2)10-21(29-23(30)13-18-12-16-4-5-17(18)11-16)24(31)27-8-3-9-28-34(32,33)22-7-6-19(26)14-20(22)25/h6-7,14-18,21,28H,3-5,8-13H2,1-2H3,(H,27,31)(H,29,30)/t16-,17?,18?,21+/m1/s1. The van der Waals surface area contributed by atoms with Gasteiger partial charge in [0.25, 0.3) is 0 Å². The summed E-state index contributed by atoms with van der Waals surface area (Å²) in [5.74, 6) is 1.14. The number of hydrogen-bond donors (Lipinski definition) is 3. The summed E-state index contributed by atoms with van der Waals surface area (Å²) in [4.78, 5) is 25.2. The van der Waals surface area contributed by atoms with Crippen molar-refractivity contribution in [1.82, 2.24) is 15.4 Å². The van der Waals surface area contributed by atoms with Gasteiger partial charge >= 0.3 is 0 Å². The molecule has 2 aliphatic rings. The highest BCUT2D eigenvalue weighted by Gasteiger charge is 2.40. The fourth-order valence-corrected chi connectivity index (χ4v) is 6.82. The monoisotopic (exact) mass is 515 g/mol. The molecule has 2 bridgehead atoms. The lowest BCUT2D eigenvalue weighted by Gasteiger charge is -2.24. The minimum Gasteiger partial charge on any atom is -0.354 e. The number of amides is 2. The van der Waals surface area contributed by atoms with Crippen LogP contribution in [0.2, 0.25) is 5.02 Å². The second-order valence-electron chi connectivity index (χ2n) is 10.0. The molecular weight excluding hydrogens is 481 g/mol. The van der Waals surface area contributed by atoms with Crippen molar-refractivity contribution < 1.29 is 22.4 Å². The largest absolute Gasteiger partial charge is 0.354 e. The molecular formula is C24H35ClFN3O4S. The first-order valence-corrected chi connectivity index (χ1v) is 13.9. The number of benzene rings is 1. The minimum absolute atomic E-state index is 0.0673. The van der Waals surface area contributed by atoms with Crippen molar-refractivity contribution in [3.63, 3.8) is 0 Å². The van der Waals surface area contributed by atoms with Crippen LogP contribution in [0.3, 0.4) is 0 Å². The van der Waals surface area contributed by atoms with E-state index in [1.807, 2.05) is 13.8 Å². The fourth-order valence-electron chi connectivity index (χ4n) is 5.22. The van der Waals surface area contributed by atoms with E-state index in [1.165, 1.54) is 19.3 Å². The summed E-state index contributed by atoms with van der Waals surface area (Å²) >= 11 is 5.83. The van der Waals surface area contributed by atoms with E-state index in [1.54, 1.807) is 0 Å². The van der Waals surface area contributed by atoms with Crippen LogP contribution in [0, 0.1) is 29.5 Å². The molecule has 0 saturated heterocycles. The van der Waals surface area contributed by atoms with Crippen LogP contribution in [0.1, 0.15) is 58.8 Å². The lowest BCUT2D eigenvalue weighted by atomic mass is 9.86. The Hall–Kier alpha value is -1.71. The third kappa shape index (κ3) is 7.39. The molecule has 7 nitrogen and oxygen atoms in total. The number of halogens is 2. The predicted octanol–water partition coefficient (Wildman–Crippen LogP) is 3.62. The molecule has 190 valence electrons. The molecule has 0 spiro atoms. The first-order valence-electron chi connectivity index (χ1n) is 12.1. The van der Waals surface area contributed by atoms with Crippen LogP contribution in [-0.2, 0) is 19.6 Å². The Morgan fingerprint density at radius 3 is 2.56 bits per heavy atom. The molecule has 4 atom stereocenters. The van der Waals surface area contributed by atoms with Crippen LogP contribution in [0.15, 0.2) is 23.1 Å². The van der Waals surface area contributed by atoms with E-state index in [4.69, 9.17) is 11.6 Å². The van der Waals surface area contributed by atoms with E-state index >= 15 is 0 Å². The molecule has 0 aromatic heterocycles. The van der Waals surface area contributed by atoms with Crippen molar-refractivity contribution in [3.8, 4) is 0 Å². The molecule has 1 aromatic carbocycles. The van der Waals surface area contributed by atoms with E-state index in [2.05, 4.69) is 15.4 Å². The first kappa shape index (κ1) is 26.9. The van der Waals surface area contributed by atoms with Gasteiger partial charge in [0.1, 0.15) is 16.8 Å². The molecule has 0 heterocycles. The molecule has 3 N–H and O–H groups in total. The van der Waals surface area contributed by atoms with Crippen molar-refractivity contribution in [2.24, 2.45) is 23.7 Å². The number of carbonyl (C=O) groups excluding carboxylic acids is 2. The normalized spacial score (nSPS) is 22.7. The van der Waals surface area contributed by atoms with Gasteiger partial charge in [-0.25, -0.2) is 17.5 Å². The topological polar surface area (TPSA) is 104 Å². The van der Waals surface area contributed by atoms with Crippen LogP contribution in [-0.4, -0.2) is 39.4 Å². The highest BCUT2D eigenvalue weighted by molar-refractivity contribution is 7.89. The second-order valence-corrected chi connectivity index (χ2v) is 12.1. The van der Waals surface area contributed by atoms with Crippen molar-refractivity contribution in [2.45, 2.75) is 69.7 Å². The zero-order chi connectivity index (χ0) is 24.9. The SMILES string of the molecule is CC(C)C[C@H](NC(=O)CC1C[C@@H]2CCC1C2)C(=O)NCCCNS(=O)(=O)c1ccc(F)cc1Cl. The predicted molar refractivity (Wildman–Crippen MR) is 129 cm³/mol. The summed E-state index contributed by atoms with van der Waals surface area (Å²) in [6.07, 6.45) is 6.23. The zero-order valence-corrected chi connectivity index (χ0v) is 21.4. The molecule has 3 rings (SSSR count). The Bertz CT molecular complexity index is 988. The van der Waals surface area contributed by atoms with E-state index in [9.17, 15) is 22.4 Å². The first-order chi connectivity index (χ1) is 16.0.